The van der Waals surface area contributed by atoms with Crippen molar-refractivity contribution in [2.24, 2.45) is 7.05 Å². The van der Waals surface area contributed by atoms with Gasteiger partial charge in [-0.05, 0) is 31.5 Å². The van der Waals surface area contributed by atoms with E-state index in [-0.39, 0.29) is 11.9 Å². The second-order valence-electron chi connectivity index (χ2n) is 4.45. The number of pyridine rings is 1. The molecule has 0 bridgehead atoms. The van der Waals surface area contributed by atoms with Gasteiger partial charge in [-0.3, -0.25) is 14.5 Å². The molecule has 0 aliphatic rings. The molecule has 5 nitrogen and oxygen atoms in total. The van der Waals surface area contributed by atoms with Gasteiger partial charge in [-0.1, -0.05) is 0 Å². The third-order valence-corrected chi connectivity index (χ3v) is 3.21. The van der Waals surface area contributed by atoms with E-state index in [2.05, 4.69) is 10.1 Å². The lowest BCUT2D eigenvalue weighted by Gasteiger charge is -2.28. The van der Waals surface area contributed by atoms with Crippen molar-refractivity contribution < 1.29 is 4.79 Å². The number of aryl methyl sites for hydroxylation is 1. The number of carbonyl (C=O) groups is 1. The van der Waals surface area contributed by atoms with Crippen molar-refractivity contribution in [3.05, 3.63) is 48.0 Å². The summed E-state index contributed by atoms with van der Waals surface area (Å²) in [5.74, 6) is -0.0000813. The highest BCUT2D eigenvalue weighted by molar-refractivity contribution is 5.94. The summed E-state index contributed by atoms with van der Waals surface area (Å²) < 4.78 is 1.64. The Morgan fingerprint density at radius 1 is 1.42 bits per heavy atom. The molecule has 0 N–H and O–H groups in total. The van der Waals surface area contributed by atoms with E-state index in [0.717, 1.165) is 5.56 Å². The monoisotopic (exact) mass is 258 g/mol. The summed E-state index contributed by atoms with van der Waals surface area (Å²) in [7, 11) is 1.80. The lowest BCUT2D eigenvalue weighted by Crippen LogP contribution is -2.33. The van der Waals surface area contributed by atoms with Crippen molar-refractivity contribution in [2.75, 3.05) is 6.54 Å². The van der Waals surface area contributed by atoms with Crippen LogP contribution in [-0.2, 0) is 7.05 Å². The Balaban J connectivity index is 2.22. The Morgan fingerprint density at radius 2 is 2.11 bits per heavy atom. The zero-order valence-corrected chi connectivity index (χ0v) is 11.4. The molecule has 1 unspecified atom stereocenters. The van der Waals surface area contributed by atoms with E-state index >= 15 is 0 Å². The first-order valence-electron chi connectivity index (χ1n) is 6.33. The summed E-state index contributed by atoms with van der Waals surface area (Å²) in [4.78, 5) is 18.3. The molecule has 0 fully saturated rings. The Hall–Kier alpha value is -2.17. The molecule has 0 saturated carbocycles. The Labute approximate surface area is 112 Å². The maximum Gasteiger partial charge on any atom is 0.257 e. The lowest BCUT2D eigenvalue weighted by atomic mass is 10.1. The van der Waals surface area contributed by atoms with Gasteiger partial charge in [0.25, 0.3) is 5.91 Å². The molecule has 100 valence electrons. The number of aromatic nitrogens is 3. The second-order valence-corrected chi connectivity index (χ2v) is 4.45. The molecule has 1 atom stereocenters. The van der Waals surface area contributed by atoms with Crippen molar-refractivity contribution in [3.63, 3.8) is 0 Å². The van der Waals surface area contributed by atoms with E-state index in [9.17, 15) is 4.79 Å². The maximum atomic E-state index is 12.5. The van der Waals surface area contributed by atoms with Crippen LogP contribution in [0.4, 0.5) is 0 Å². The van der Waals surface area contributed by atoms with Crippen molar-refractivity contribution >= 4 is 5.91 Å². The lowest BCUT2D eigenvalue weighted by molar-refractivity contribution is 0.0702. The fraction of sp³-hybridized carbons (Fsp3) is 0.357. The molecule has 0 aliphatic heterocycles. The van der Waals surface area contributed by atoms with Crippen molar-refractivity contribution in [2.45, 2.75) is 19.9 Å². The van der Waals surface area contributed by atoms with Gasteiger partial charge in [0.1, 0.15) is 0 Å². The number of hydrogen-bond donors (Lipinski definition) is 0. The summed E-state index contributed by atoms with van der Waals surface area (Å²) >= 11 is 0. The topological polar surface area (TPSA) is 51.0 Å². The SMILES string of the molecule is CCN(C(=O)c1cnn(C)c1)C(C)c1ccncc1. The van der Waals surface area contributed by atoms with Gasteiger partial charge in [-0.15, -0.1) is 0 Å². The summed E-state index contributed by atoms with van der Waals surface area (Å²) in [5.41, 5.74) is 1.69. The van der Waals surface area contributed by atoms with E-state index in [1.165, 1.54) is 0 Å². The van der Waals surface area contributed by atoms with Gasteiger partial charge in [-0.2, -0.15) is 5.10 Å². The molecular formula is C14H18N4O. The predicted octanol–water partition coefficient (Wildman–Crippen LogP) is 2.04. The van der Waals surface area contributed by atoms with E-state index in [4.69, 9.17) is 0 Å². The van der Waals surface area contributed by atoms with Crippen LogP contribution < -0.4 is 0 Å². The van der Waals surface area contributed by atoms with Gasteiger partial charge < -0.3 is 4.90 Å². The van der Waals surface area contributed by atoms with Gasteiger partial charge in [0.05, 0.1) is 17.8 Å². The van der Waals surface area contributed by atoms with Crippen LogP contribution >= 0.6 is 0 Å². The van der Waals surface area contributed by atoms with E-state index < -0.39 is 0 Å². The highest BCUT2D eigenvalue weighted by atomic mass is 16.2. The maximum absolute atomic E-state index is 12.5. The van der Waals surface area contributed by atoms with E-state index in [1.807, 2.05) is 30.9 Å². The highest BCUT2D eigenvalue weighted by Crippen LogP contribution is 2.21. The Kier molecular flexibility index (Phi) is 3.94. The smallest absolute Gasteiger partial charge is 0.257 e. The molecule has 1 amide bonds. The van der Waals surface area contributed by atoms with Gasteiger partial charge >= 0.3 is 0 Å². The minimum Gasteiger partial charge on any atom is -0.332 e. The van der Waals surface area contributed by atoms with Gasteiger partial charge in [0.15, 0.2) is 0 Å². The molecule has 2 rings (SSSR count). The van der Waals surface area contributed by atoms with Crippen LogP contribution in [0.2, 0.25) is 0 Å². The Bertz CT molecular complexity index is 550. The number of rotatable bonds is 4. The first-order chi connectivity index (χ1) is 9.13. The molecule has 5 heteroatoms. The zero-order valence-electron chi connectivity index (χ0n) is 11.4. The molecule has 0 radical (unpaired) electrons. The standard InChI is InChI=1S/C14H18N4O/c1-4-18(11(2)12-5-7-15-8-6-12)14(19)13-9-16-17(3)10-13/h5-11H,4H2,1-3H3. The molecular weight excluding hydrogens is 240 g/mol. The number of hydrogen-bond acceptors (Lipinski definition) is 3. The molecule has 0 saturated heterocycles. The van der Waals surface area contributed by atoms with Gasteiger partial charge in [0.2, 0.25) is 0 Å². The van der Waals surface area contributed by atoms with Crippen LogP contribution in [0.1, 0.15) is 35.8 Å². The fourth-order valence-electron chi connectivity index (χ4n) is 2.11. The average Bonchev–Trinajstić information content (AvgIpc) is 2.87. The number of nitrogens with zero attached hydrogens (tertiary/aromatic N) is 4. The number of carbonyl (C=O) groups excluding carboxylic acids is 1. The van der Waals surface area contributed by atoms with Crippen LogP contribution in [0, 0.1) is 0 Å². The Morgan fingerprint density at radius 3 is 2.63 bits per heavy atom. The second kappa shape index (κ2) is 5.65. The van der Waals surface area contributed by atoms with Gasteiger partial charge in [-0.25, -0.2) is 0 Å². The fourth-order valence-corrected chi connectivity index (χ4v) is 2.11. The summed E-state index contributed by atoms with van der Waals surface area (Å²) in [6, 6.07) is 3.88. The van der Waals surface area contributed by atoms with Crippen LogP contribution in [0.5, 0.6) is 0 Å². The van der Waals surface area contributed by atoms with Crippen LogP contribution in [0.3, 0.4) is 0 Å². The molecule has 19 heavy (non-hydrogen) atoms. The molecule has 0 spiro atoms. The van der Waals surface area contributed by atoms with Crippen LogP contribution in [-0.4, -0.2) is 32.1 Å². The van der Waals surface area contributed by atoms with Gasteiger partial charge in [0, 0.05) is 32.2 Å². The van der Waals surface area contributed by atoms with Crippen molar-refractivity contribution in [1.82, 2.24) is 19.7 Å². The quantitative estimate of drug-likeness (QED) is 0.843. The molecule has 0 aliphatic carbocycles. The minimum atomic E-state index is -0.0000813. The first kappa shape index (κ1) is 13.3. The third kappa shape index (κ3) is 2.81. The average molecular weight is 258 g/mol. The van der Waals surface area contributed by atoms with Crippen molar-refractivity contribution in [1.29, 1.82) is 0 Å². The largest absolute Gasteiger partial charge is 0.332 e. The third-order valence-electron chi connectivity index (χ3n) is 3.21. The molecule has 2 aromatic rings. The summed E-state index contributed by atoms with van der Waals surface area (Å²) in [5, 5.41) is 4.05. The van der Waals surface area contributed by atoms with Crippen LogP contribution in [0.25, 0.3) is 0 Å². The summed E-state index contributed by atoms with van der Waals surface area (Å²) in [6.45, 7) is 4.65. The minimum absolute atomic E-state index is 0.0000813. The summed E-state index contributed by atoms with van der Waals surface area (Å²) in [6.07, 6.45) is 6.83. The van der Waals surface area contributed by atoms with Crippen molar-refractivity contribution in [3.8, 4) is 0 Å². The van der Waals surface area contributed by atoms with E-state index in [1.54, 1.807) is 36.5 Å². The molecule has 2 aromatic heterocycles. The number of amides is 1. The van der Waals surface area contributed by atoms with Crippen LogP contribution in [0.15, 0.2) is 36.9 Å². The predicted molar refractivity (Wildman–Crippen MR) is 72.6 cm³/mol. The normalized spacial score (nSPS) is 12.2. The van der Waals surface area contributed by atoms with E-state index in [0.29, 0.717) is 12.1 Å². The first-order valence-corrected chi connectivity index (χ1v) is 6.33. The molecule has 2 heterocycles. The molecule has 0 aromatic carbocycles. The highest BCUT2D eigenvalue weighted by Gasteiger charge is 2.22. The zero-order chi connectivity index (χ0) is 13.8.